The Morgan fingerprint density at radius 2 is 2.06 bits per heavy atom. The molecule has 0 fully saturated rings. The van der Waals surface area contributed by atoms with Crippen LogP contribution in [0.1, 0.15) is 25.5 Å². The molecule has 18 heavy (non-hydrogen) atoms. The summed E-state index contributed by atoms with van der Waals surface area (Å²) in [7, 11) is 0. The average Bonchev–Trinajstić information content (AvgIpc) is 2.53. The first-order valence-corrected chi connectivity index (χ1v) is 6.28. The first kappa shape index (κ1) is 13.2. The molecule has 0 aliphatic carbocycles. The molecule has 2 N–H and O–H groups in total. The van der Waals surface area contributed by atoms with Gasteiger partial charge >= 0.3 is 6.03 Å². The van der Waals surface area contributed by atoms with Crippen molar-refractivity contribution in [2.24, 2.45) is 10.7 Å². The molecule has 1 aromatic carbocycles. The molecule has 2 amide bonds. The Balaban J connectivity index is 2.48. The highest BCUT2D eigenvalue weighted by molar-refractivity contribution is 6.35. The SMILES string of the molecule is CC(C)N1C(=O)N=C(N)C1c1ccc(Cl)cc1Cl. The third kappa shape index (κ3) is 2.18. The zero-order valence-electron chi connectivity index (χ0n) is 10.0. The highest BCUT2D eigenvalue weighted by atomic mass is 35.5. The monoisotopic (exact) mass is 285 g/mol. The summed E-state index contributed by atoms with van der Waals surface area (Å²) in [6, 6.07) is 4.36. The van der Waals surface area contributed by atoms with Gasteiger partial charge in [-0.05, 0) is 26.0 Å². The summed E-state index contributed by atoms with van der Waals surface area (Å²) in [4.78, 5) is 17.2. The summed E-state index contributed by atoms with van der Waals surface area (Å²) in [5.41, 5.74) is 6.57. The van der Waals surface area contributed by atoms with Crippen molar-refractivity contribution >= 4 is 35.1 Å². The molecule has 1 aliphatic rings. The van der Waals surface area contributed by atoms with Gasteiger partial charge in [-0.1, -0.05) is 29.3 Å². The fraction of sp³-hybridized carbons (Fsp3) is 0.333. The van der Waals surface area contributed by atoms with Crippen LogP contribution in [-0.4, -0.2) is 22.8 Å². The van der Waals surface area contributed by atoms with E-state index in [1.165, 1.54) is 0 Å². The van der Waals surface area contributed by atoms with Crippen molar-refractivity contribution in [2.45, 2.75) is 25.9 Å². The Bertz CT molecular complexity index is 528. The number of carbonyl (C=O) groups excluding carboxylic acids is 1. The number of aliphatic imine (C=N–C) groups is 1. The van der Waals surface area contributed by atoms with Crippen molar-refractivity contribution < 1.29 is 4.79 Å². The molecule has 0 saturated heterocycles. The number of amides is 2. The van der Waals surface area contributed by atoms with E-state index in [1.807, 2.05) is 13.8 Å². The van der Waals surface area contributed by atoms with Crippen LogP contribution in [-0.2, 0) is 0 Å². The van der Waals surface area contributed by atoms with Crippen LogP contribution in [0.5, 0.6) is 0 Å². The van der Waals surface area contributed by atoms with Gasteiger partial charge in [0.25, 0.3) is 0 Å². The number of benzene rings is 1. The fourth-order valence-electron chi connectivity index (χ4n) is 2.03. The van der Waals surface area contributed by atoms with Gasteiger partial charge in [0.15, 0.2) is 0 Å². The van der Waals surface area contributed by atoms with E-state index in [9.17, 15) is 4.79 Å². The summed E-state index contributed by atoms with van der Waals surface area (Å²) < 4.78 is 0. The lowest BCUT2D eigenvalue weighted by molar-refractivity contribution is 0.190. The van der Waals surface area contributed by atoms with Crippen LogP contribution in [0, 0.1) is 0 Å². The Morgan fingerprint density at radius 1 is 1.39 bits per heavy atom. The van der Waals surface area contributed by atoms with Crippen molar-refractivity contribution in [3.63, 3.8) is 0 Å². The normalized spacial score (nSPS) is 19.6. The largest absolute Gasteiger partial charge is 0.385 e. The van der Waals surface area contributed by atoms with E-state index in [0.717, 1.165) is 5.56 Å². The van der Waals surface area contributed by atoms with E-state index in [4.69, 9.17) is 28.9 Å². The molecule has 1 unspecified atom stereocenters. The van der Waals surface area contributed by atoms with Crippen LogP contribution in [0.2, 0.25) is 10.0 Å². The molecule has 0 saturated carbocycles. The summed E-state index contributed by atoms with van der Waals surface area (Å²) in [5, 5.41) is 1.02. The van der Waals surface area contributed by atoms with Crippen LogP contribution in [0.15, 0.2) is 23.2 Å². The molecule has 6 heteroatoms. The summed E-state index contributed by atoms with van der Waals surface area (Å²) >= 11 is 12.0. The van der Waals surface area contributed by atoms with E-state index in [1.54, 1.807) is 23.1 Å². The predicted octanol–water partition coefficient (Wildman–Crippen LogP) is 3.24. The second-order valence-corrected chi connectivity index (χ2v) is 5.23. The topological polar surface area (TPSA) is 58.7 Å². The number of halogens is 2. The van der Waals surface area contributed by atoms with Crippen molar-refractivity contribution in [3.8, 4) is 0 Å². The molecule has 1 aromatic rings. The maximum Gasteiger partial charge on any atom is 0.346 e. The predicted molar refractivity (Wildman–Crippen MR) is 73.2 cm³/mol. The summed E-state index contributed by atoms with van der Waals surface area (Å²) in [5.74, 6) is 0.262. The molecule has 0 spiro atoms. The molecule has 96 valence electrons. The Morgan fingerprint density at radius 3 is 2.61 bits per heavy atom. The van der Waals surface area contributed by atoms with Gasteiger partial charge in [0, 0.05) is 21.7 Å². The fourth-order valence-corrected chi connectivity index (χ4v) is 2.55. The van der Waals surface area contributed by atoms with Gasteiger partial charge in [0.05, 0.1) is 0 Å². The molecule has 0 radical (unpaired) electrons. The number of hydrogen-bond donors (Lipinski definition) is 1. The van der Waals surface area contributed by atoms with E-state index in [2.05, 4.69) is 4.99 Å². The van der Waals surface area contributed by atoms with Gasteiger partial charge in [-0.2, -0.15) is 4.99 Å². The third-order valence-electron chi connectivity index (χ3n) is 2.82. The van der Waals surface area contributed by atoms with Crippen molar-refractivity contribution in [3.05, 3.63) is 33.8 Å². The molecular weight excluding hydrogens is 273 g/mol. The molecule has 0 aromatic heterocycles. The zero-order chi connectivity index (χ0) is 13.4. The van der Waals surface area contributed by atoms with Crippen LogP contribution >= 0.6 is 23.2 Å². The van der Waals surface area contributed by atoms with Crippen molar-refractivity contribution in [1.29, 1.82) is 0 Å². The van der Waals surface area contributed by atoms with E-state index >= 15 is 0 Å². The number of urea groups is 1. The minimum atomic E-state index is -0.415. The van der Waals surface area contributed by atoms with Gasteiger partial charge in [0.2, 0.25) is 0 Å². The number of amidine groups is 1. The number of rotatable bonds is 2. The molecule has 4 nitrogen and oxygen atoms in total. The standard InChI is InChI=1S/C12H13Cl2N3O/c1-6(2)17-10(11(15)16-12(17)18)8-4-3-7(13)5-9(8)14/h3-6,10H,1-2H3,(H2,15,16,18). The highest BCUT2D eigenvalue weighted by Gasteiger charge is 2.37. The maximum atomic E-state index is 11.8. The minimum absolute atomic E-state index is 0.0148. The Kier molecular flexibility index (Phi) is 3.50. The average molecular weight is 286 g/mol. The lowest BCUT2D eigenvalue weighted by Gasteiger charge is -2.28. The van der Waals surface area contributed by atoms with Crippen LogP contribution in [0.4, 0.5) is 4.79 Å². The quantitative estimate of drug-likeness (QED) is 0.907. The smallest absolute Gasteiger partial charge is 0.346 e. The van der Waals surface area contributed by atoms with Crippen LogP contribution in [0.3, 0.4) is 0 Å². The number of carbonyl (C=O) groups is 1. The molecular formula is C12H13Cl2N3O. The van der Waals surface area contributed by atoms with Gasteiger partial charge in [0.1, 0.15) is 11.9 Å². The number of nitrogens with zero attached hydrogens (tertiary/aromatic N) is 2. The molecule has 0 bridgehead atoms. The molecule has 1 heterocycles. The minimum Gasteiger partial charge on any atom is -0.385 e. The zero-order valence-corrected chi connectivity index (χ0v) is 11.5. The molecule has 1 atom stereocenters. The first-order valence-electron chi connectivity index (χ1n) is 5.53. The highest BCUT2D eigenvalue weighted by Crippen LogP contribution is 2.34. The lowest BCUT2D eigenvalue weighted by Crippen LogP contribution is -2.38. The molecule has 2 rings (SSSR count). The van der Waals surface area contributed by atoms with E-state index in [-0.39, 0.29) is 17.9 Å². The second kappa shape index (κ2) is 4.78. The molecule has 1 aliphatic heterocycles. The van der Waals surface area contributed by atoms with E-state index in [0.29, 0.717) is 10.0 Å². The van der Waals surface area contributed by atoms with Crippen molar-refractivity contribution in [1.82, 2.24) is 4.90 Å². The lowest BCUT2D eigenvalue weighted by atomic mass is 10.0. The summed E-state index contributed by atoms with van der Waals surface area (Å²) in [6.07, 6.45) is 0. The first-order chi connectivity index (χ1) is 8.41. The van der Waals surface area contributed by atoms with Gasteiger partial charge in [-0.3, -0.25) is 0 Å². The van der Waals surface area contributed by atoms with E-state index < -0.39 is 6.04 Å². The second-order valence-electron chi connectivity index (χ2n) is 4.39. The van der Waals surface area contributed by atoms with Crippen LogP contribution < -0.4 is 5.73 Å². The van der Waals surface area contributed by atoms with Gasteiger partial charge < -0.3 is 10.6 Å². The third-order valence-corrected chi connectivity index (χ3v) is 3.38. The van der Waals surface area contributed by atoms with Gasteiger partial charge in [-0.15, -0.1) is 0 Å². The summed E-state index contributed by atoms with van der Waals surface area (Å²) in [6.45, 7) is 3.81. The number of nitrogens with two attached hydrogens (primary N) is 1. The van der Waals surface area contributed by atoms with Crippen LogP contribution in [0.25, 0.3) is 0 Å². The Labute approximate surface area is 115 Å². The van der Waals surface area contributed by atoms with Gasteiger partial charge in [-0.25, -0.2) is 4.79 Å². The van der Waals surface area contributed by atoms with Crippen molar-refractivity contribution in [2.75, 3.05) is 0 Å². The number of hydrogen-bond acceptors (Lipinski definition) is 2. The maximum absolute atomic E-state index is 11.8. The Hall–Kier alpha value is -1.26.